The molecule has 1 amide bonds. The van der Waals surface area contributed by atoms with Crippen LogP contribution in [0.2, 0.25) is 10.0 Å². The second kappa shape index (κ2) is 5.97. The Balaban J connectivity index is 3.15. The number of pyridine rings is 1. The highest BCUT2D eigenvalue weighted by Gasteiger charge is 2.35. The van der Waals surface area contributed by atoms with Crippen molar-refractivity contribution in [1.29, 1.82) is 0 Å². The highest BCUT2D eigenvalue weighted by molar-refractivity contribution is 6.36. The Hall–Kier alpha value is -1.33. The van der Waals surface area contributed by atoms with Crippen LogP contribution in [0.3, 0.4) is 0 Å². The van der Waals surface area contributed by atoms with E-state index in [0.717, 1.165) is 4.90 Å². The number of hydrogen-bond acceptors (Lipinski definition) is 3. The molecule has 0 unspecified atom stereocenters. The highest BCUT2D eigenvalue weighted by atomic mass is 35.5. The number of nitrogens with zero attached hydrogens (tertiary/aromatic N) is 2. The Morgan fingerprint density at radius 1 is 1.35 bits per heavy atom. The Kier molecular flexibility index (Phi) is 5.00. The summed E-state index contributed by atoms with van der Waals surface area (Å²) in [5.74, 6) is -0.469. The van der Waals surface area contributed by atoms with E-state index in [2.05, 4.69) is 4.98 Å². The highest BCUT2D eigenvalue weighted by Crippen LogP contribution is 2.24. The standard InChI is InChI=1S/C13H16Cl2N2O3/c1-7(17(12(19)20)13(2,3)4)11(18)10-9(15)5-8(14)6-16-10/h5-7H,1-4H3,(H,19,20)/t7-/m0/s1. The molecule has 1 heterocycles. The SMILES string of the molecule is C[C@@H](C(=O)c1ncc(Cl)cc1Cl)N(C(=O)O)C(C)(C)C. The molecule has 1 rings (SSSR count). The Morgan fingerprint density at radius 2 is 1.90 bits per heavy atom. The maximum absolute atomic E-state index is 12.4. The van der Waals surface area contributed by atoms with Crippen LogP contribution in [-0.2, 0) is 0 Å². The predicted octanol–water partition coefficient (Wildman–Crippen LogP) is 3.74. The van der Waals surface area contributed by atoms with Gasteiger partial charge >= 0.3 is 6.09 Å². The first kappa shape index (κ1) is 16.7. The minimum absolute atomic E-state index is 0.0130. The molecule has 0 aromatic carbocycles. The van der Waals surface area contributed by atoms with E-state index in [-0.39, 0.29) is 10.7 Å². The van der Waals surface area contributed by atoms with Crippen molar-refractivity contribution in [3.05, 3.63) is 28.0 Å². The van der Waals surface area contributed by atoms with Gasteiger partial charge in [-0.05, 0) is 33.8 Å². The lowest BCUT2D eigenvalue weighted by molar-refractivity contribution is 0.0585. The van der Waals surface area contributed by atoms with Crippen molar-refractivity contribution in [2.75, 3.05) is 0 Å². The summed E-state index contributed by atoms with van der Waals surface area (Å²) in [6.07, 6.45) is 0.124. The molecule has 0 aliphatic rings. The fourth-order valence-corrected chi connectivity index (χ4v) is 2.42. The second-order valence-electron chi connectivity index (χ2n) is 5.35. The molecule has 0 saturated carbocycles. The van der Waals surface area contributed by atoms with Gasteiger partial charge in [-0.25, -0.2) is 9.78 Å². The first-order valence-electron chi connectivity index (χ1n) is 5.93. The van der Waals surface area contributed by atoms with Crippen molar-refractivity contribution in [2.45, 2.75) is 39.3 Å². The fraction of sp³-hybridized carbons (Fsp3) is 0.462. The summed E-state index contributed by atoms with van der Waals surface area (Å²) >= 11 is 11.7. The van der Waals surface area contributed by atoms with Crippen LogP contribution in [-0.4, -0.2) is 38.4 Å². The van der Waals surface area contributed by atoms with Crippen molar-refractivity contribution >= 4 is 35.1 Å². The van der Waals surface area contributed by atoms with Crippen LogP contribution < -0.4 is 0 Å². The third-order valence-electron chi connectivity index (χ3n) is 2.74. The smallest absolute Gasteiger partial charge is 0.408 e. The Labute approximate surface area is 127 Å². The summed E-state index contributed by atoms with van der Waals surface area (Å²) in [5.41, 5.74) is -0.709. The molecule has 0 saturated heterocycles. The third kappa shape index (κ3) is 3.61. The lowest BCUT2D eigenvalue weighted by Crippen LogP contribution is -2.53. The van der Waals surface area contributed by atoms with Gasteiger partial charge in [0.1, 0.15) is 5.69 Å². The zero-order valence-electron chi connectivity index (χ0n) is 11.6. The number of Topliss-reactive ketones (excluding diaryl/α,β-unsaturated/α-hetero) is 1. The number of carbonyl (C=O) groups is 2. The maximum atomic E-state index is 12.4. The molecule has 110 valence electrons. The first-order chi connectivity index (χ1) is 9.05. The van der Waals surface area contributed by atoms with E-state index in [0.29, 0.717) is 5.02 Å². The molecule has 0 aliphatic heterocycles. The zero-order chi connectivity index (χ0) is 15.7. The number of carbonyl (C=O) groups excluding carboxylic acids is 1. The maximum Gasteiger partial charge on any atom is 0.408 e. The van der Waals surface area contributed by atoms with Crippen molar-refractivity contribution in [2.24, 2.45) is 0 Å². The van der Waals surface area contributed by atoms with E-state index >= 15 is 0 Å². The molecule has 5 nitrogen and oxygen atoms in total. The Morgan fingerprint density at radius 3 is 2.30 bits per heavy atom. The first-order valence-corrected chi connectivity index (χ1v) is 6.69. The summed E-state index contributed by atoms with van der Waals surface area (Å²) in [4.78, 5) is 28.7. The number of amides is 1. The topological polar surface area (TPSA) is 70.5 Å². The van der Waals surface area contributed by atoms with Crippen molar-refractivity contribution in [3.63, 3.8) is 0 Å². The number of halogens is 2. The molecule has 1 aromatic rings. The van der Waals surface area contributed by atoms with E-state index in [1.165, 1.54) is 19.2 Å². The summed E-state index contributed by atoms with van der Waals surface area (Å²) < 4.78 is 0. The van der Waals surface area contributed by atoms with Crippen molar-refractivity contribution in [3.8, 4) is 0 Å². The molecule has 1 aromatic heterocycles. The van der Waals surface area contributed by atoms with E-state index in [4.69, 9.17) is 23.2 Å². The van der Waals surface area contributed by atoms with Gasteiger partial charge in [0.2, 0.25) is 5.78 Å². The van der Waals surface area contributed by atoms with Gasteiger partial charge in [-0.1, -0.05) is 23.2 Å². The van der Waals surface area contributed by atoms with Crippen LogP contribution in [0.4, 0.5) is 4.79 Å². The van der Waals surface area contributed by atoms with Gasteiger partial charge in [-0.15, -0.1) is 0 Å². The molecule has 0 bridgehead atoms. The molecule has 7 heteroatoms. The van der Waals surface area contributed by atoms with Gasteiger partial charge < -0.3 is 5.11 Å². The van der Waals surface area contributed by atoms with Gasteiger partial charge in [0.15, 0.2) is 0 Å². The zero-order valence-corrected chi connectivity index (χ0v) is 13.2. The van der Waals surface area contributed by atoms with Crippen molar-refractivity contribution < 1.29 is 14.7 Å². The van der Waals surface area contributed by atoms with Crippen LogP contribution in [0.25, 0.3) is 0 Å². The van der Waals surface area contributed by atoms with E-state index in [1.807, 2.05) is 0 Å². The molecule has 0 fully saturated rings. The van der Waals surface area contributed by atoms with Gasteiger partial charge in [0.05, 0.1) is 16.1 Å². The average Bonchev–Trinajstić information content (AvgIpc) is 2.25. The Bertz CT molecular complexity index is 541. The van der Waals surface area contributed by atoms with Crippen LogP contribution >= 0.6 is 23.2 Å². The van der Waals surface area contributed by atoms with Crippen LogP contribution in [0.5, 0.6) is 0 Å². The van der Waals surface area contributed by atoms with Gasteiger partial charge in [0, 0.05) is 11.7 Å². The third-order valence-corrected chi connectivity index (χ3v) is 3.23. The molecule has 0 aliphatic carbocycles. The minimum atomic E-state index is -1.18. The summed E-state index contributed by atoms with van der Waals surface area (Å²) in [6.45, 7) is 6.64. The lowest BCUT2D eigenvalue weighted by Gasteiger charge is -2.37. The summed E-state index contributed by atoms with van der Waals surface area (Å²) in [6, 6.07) is 0.497. The van der Waals surface area contributed by atoms with Gasteiger partial charge in [0.25, 0.3) is 0 Å². The fourth-order valence-electron chi connectivity index (χ4n) is 1.94. The van der Waals surface area contributed by atoms with Crippen LogP contribution in [0.1, 0.15) is 38.2 Å². The average molecular weight is 319 g/mol. The van der Waals surface area contributed by atoms with Crippen LogP contribution in [0, 0.1) is 0 Å². The molecule has 0 radical (unpaired) electrons. The monoisotopic (exact) mass is 318 g/mol. The number of carboxylic acid groups (broad SMARTS) is 1. The number of rotatable bonds is 3. The van der Waals surface area contributed by atoms with Gasteiger partial charge in [-0.2, -0.15) is 0 Å². The lowest BCUT2D eigenvalue weighted by atomic mass is 10.0. The summed E-state index contributed by atoms with van der Waals surface area (Å²) in [7, 11) is 0. The van der Waals surface area contributed by atoms with Crippen LogP contribution in [0.15, 0.2) is 12.3 Å². The molecule has 0 spiro atoms. The van der Waals surface area contributed by atoms with Gasteiger partial charge in [-0.3, -0.25) is 9.69 Å². The van der Waals surface area contributed by atoms with Crippen molar-refractivity contribution in [1.82, 2.24) is 9.88 Å². The van der Waals surface area contributed by atoms with E-state index in [9.17, 15) is 14.7 Å². The molecule has 1 atom stereocenters. The minimum Gasteiger partial charge on any atom is -0.465 e. The molecular formula is C13H16Cl2N2O3. The predicted molar refractivity (Wildman–Crippen MR) is 77.7 cm³/mol. The number of aromatic nitrogens is 1. The molecule has 20 heavy (non-hydrogen) atoms. The quantitative estimate of drug-likeness (QED) is 0.862. The van der Waals surface area contributed by atoms with E-state index < -0.39 is 23.5 Å². The largest absolute Gasteiger partial charge is 0.465 e. The number of ketones is 1. The summed E-state index contributed by atoms with van der Waals surface area (Å²) in [5, 5.41) is 9.70. The molecule has 1 N–H and O–H groups in total. The second-order valence-corrected chi connectivity index (χ2v) is 6.19. The van der Waals surface area contributed by atoms with E-state index in [1.54, 1.807) is 20.8 Å². The normalized spacial score (nSPS) is 12.9. The number of hydrogen-bond donors (Lipinski definition) is 1. The molecular weight excluding hydrogens is 303 g/mol.